The molecule has 0 spiro atoms. The standard InChI is InChI=1S/C15H17FN2S/c1-11-2-4-12(5-3-11)15(18-17)10-19-14-8-6-13(16)7-9-14/h2-9,15,18H,10,17H2,1H3. The monoisotopic (exact) mass is 276 g/mol. The van der Waals surface area contributed by atoms with Crippen LogP contribution in [-0.4, -0.2) is 5.75 Å². The van der Waals surface area contributed by atoms with Crippen LogP contribution < -0.4 is 11.3 Å². The maximum atomic E-state index is 12.8. The topological polar surface area (TPSA) is 38.0 Å². The first-order valence-electron chi connectivity index (χ1n) is 6.10. The lowest BCUT2D eigenvalue weighted by molar-refractivity contribution is 0.610. The second-order valence-electron chi connectivity index (χ2n) is 4.39. The Bertz CT molecular complexity index is 511. The fraction of sp³-hybridized carbons (Fsp3) is 0.200. The van der Waals surface area contributed by atoms with E-state index in [-0.39, 0.29) is 11.9 Å². The summed E-state index contributed by atoms with van der Waals surface area (Å²) < 4.78 is 12.8. The van der Waals surface area contributed by atoms with Crippen LogP contribution in [0.3, 0.4) is 0 Å². The third-order valence-corrected chi connectivity index (χ3v) is 4.02. The third-order valence-electron chi connectivity index (χ3n) is 2.91. The van der Waals surface area contributed by atoms with Gasteiger partial charge in [0.25, 0.3) is 0 Å². The lowest BCUT2D eigenvalue weighted by Gasteiger charge is -2.16. The fourth-order valence-corrected chi connectivity index (χ4v) is 2.73. The Morgan fingerprint density at radius 3 is 2.32 bits per heavy atom. The minimum absolute atomic E-state index is 0.0793. The molecule has 3 N–H and O–H groups in total. The molecule has 1 atom stereocenters. The summed E-state index contributed by atoms with van der Waals surface area (Å²) in [5.74, 6) is 6.19. The van der Waals surface area contributed by atoms with E-state index >= 15 is 0 Å². The summed E-state index contributed by atoms with van der Waals surface area (Å²) in [5, 5.41) is 0. The van der Waals surface area contributed by atoms with E-state index in [1.54, 1.807) is 23.9 Å². The molecule has 2 aromatic rings. The summed E-state index contributed by atoms with van der Waals surface area (Å²) in [7, 11) is 0. The largest absolute Gasteiger partial charge is 0.271 e. The molecule has 2 nitrogen and oxygen atoms in total. The Hall–Kier alpha value is -1.36. The Labute approximate surface area is 117 Å². The van der Waals surface area contributed by atoms with E-state index in [9.17, 15) is 4.39 Å². The molecule has 0 aliphatic carbocycles. The first kappa shape index (κ1) is 14.1. The molecule has 0 amide bonds. The van der Waals surface area contributed by atoms with Crippen molar-refractivity contribution in [3.63, 3.8) is 0 Å². The molecule has 0 saturated heterocycles. The molecule has 4 heteroatoms. The van der Waals surface area contributed by atoms with Crippen LogP contribution in [-0.2, 0) is 0 Å². The van der Waals surface area contributed by atoms with Crippen LogP contribution in [0.25, 0.3) is 0 Å². The van der Waals surface area contributed by atoms with Crippen LogP contribution in [0.1, 0.15) is 17.2 Å². The Balaban J connectivity index is 1.99. The highest BCUT2D eigenvalue weighted by Gasteiger charge is 2.09. The third kappa shape index (κ3) is 4.06. The van der Waals surface area contributed by atoms with Crippen molar-refractivity contribution in [3.8, 4) is 0 Å². The summed E-state index contributed by atoms with van der Waals surface area (Å²) in [6.07, 6.45) is 0. The zero-order valence-electron chi connectivity index (χ0n) is 10.8. The van der Waals surface area contributed by atoms with Gasteiger partial charge in [-0.15, -0.1) is 11.8 Å². The van der Waals surface area contributed by atoms with E-state index in [0.29, 0.717) is 0 Å². The Morgan fingerprint density at radius 1 is 1.11 bits per heavy atom. The molecule has 0 fully saturated rings. The van der Waals surface area contributed by atoms with Gasteiger partial charge in [0, 0.05) is 10.6 Å². The Morgan fingerprint density at radius 2 is 1.74 bits per heavy atom. The molecule has 0 saturated carbocycles. The maximum Gasteiger partial charge on any atom is 0.123 e. The van der Waals surface area contributed by atoms with Crippen molar-refractivity contribution in [2.45, 2.75) is 17.9 Å². The summed E-state index contributed by atoms with van der Waals surface area (Å²) in [4.78, 5) is 1.04. The number of thioether (sulfide) groups is 1. The normalized spacial score (nSPS) is 12.4. The average Bonchev–Trinajstić information content (AvgIpc) is 2.43. The highest BCUT2D eigenvalue weighted by Crippen LogP contribution is 2.24. The van der Waals surface area contributed by atoms with E-state index < -0.39 is 0 Å². The quantitative estimate of drug-likeness (QED) is 0.499. The minimum atomic E-state index is -0.212. The molecule has 100 valence electrons. The smallest absolute Gasteiger partial charge is 0.123 e. The van der Waals surface area contributed by atoms with Crippen LogP contribution in [0.5, 0.6) is 0 Å². The van der Waals surface area contributed by atoms with Crippen molar-refractivity contribution in [2.24, 2.45) is 5.84 Å². The van der Waals surface area contributed by atoms with Gasteiger partial charge in [0.1, 0.15) is 5.82 Å². The number of hydrogen-bond acceptors (Lipinski definition) is 3. The molecule has 0 radical (unpaired) electrons. The van der Waals surface area contributed by atoms with Gasteiger partial charge in [0.15, 0.2) is 0 Å². The fourth-order valence-electron chi connectivity index (χ4n) is 1.75. The predicted octanol–water partition coefficient (Wildman–Crippen LogP) is 3.43. The molecule has 0 heterocycles. The van der Waals surface area contributed by atoms with E-state index in [1.165, 1.54) is 17.7 Å². The van der Waals surface area contributed by atoms with Gasteiger partial charge >= 0.3 is 0 Å². The molecule has 0 aromatic heterocycles. The second kappa shape index (κ2) is 6.70. The van der Waals surface area contributed by atoms with Crippen LogP contribution in [0.2, 0.25) is 0 Å². The lowest BCUT2D eigenvalue weighted by Crippen LogP contribution is -2.29. The molecule has 0 bridgehead atoms. The number of hydrogen-bond donors (Lipinski definition) is 2. The lowest BCUT2D eigenvalue weighted by atomic mass is 10.1. The van der Waals surface area contributed by atoms with Crippen LogP contribution in [0, 0.1) is 12.7 Å². The molecule has 2 aromatic carbocycles. The van der Waals surface area contributed by atoms with Crippen LogP contribution >= 0.6 is 11.8 Å². The van der Waals surface area contributed by atoms with Gasteiger partial charge in [0.2, 0.25) is 0 Å². The van der Waals surface area contributed by atoms with Crippen molar-refractivity contribution in [3.05, 3.63) is 65.5 Å². The number of nitrogens with one attached hydrogen (secondary N) is 1. The van der Waals surface area contributed by atoms with Crippen molar-refractivity contribution >= 4 is 11.8 Å². The van der Waals surface area contributed by atoms with Crippen molar-refractivity contribution in [1.29, 1.82) is 0 Å². The number of hydrazine groups is 1. The molecular weight excluding hydrogens is 259 g/mol. The average molecular weight is 276 g/mol. The number of nitrogens with two attached hydrogens (primary N) is 1. The number of halogens is 1. The van der Waals surface area contributed by atoms with Crippen LogP contribution in [0.15, 0.2) is 53.4 Å². The number of aryl methyl sites for hydroxylation is 1. The summed E-state index contributed by atoms with van der Waals surface area (Å²) in [6, 6.07) is 14.9. The van der Waals surface area contributed by atoms with E-state index in [0.717, 1.165) is 16.2 Å². The SMILES string of the molecule is Cc1ccc(C(CSc2ccc(F)cc2)NN)cc1. The molecule has 19 heavy (non-hydrogen) atoms. The molecule has 0 aliphatic heterocycles. The van der Waals surface area contributed by atoms with E-state index in [1.807, 2.05) is 0 Å². The van der Waals surface area contributed by atoms with Gasteiger partial charge in [-0.3, -0.25) is 11.3 Å². The molecule has 1 unspecified atom stereocenters. The zero-order valence-corrected chi connectivity index (χ0v) is 11.6. The van der Waals surface area contributed by atoms with Gasteiger partial charge in [-0.25, -0.2) is 4.39 Å². The van der Waals surface area contributed by atoms with Crippen molar-refractivity contribution in [1.82, 2.24) is 5.43 Å². The molecular formula is C15H17FN2S. The van der Waals surface area contributed by atoms with Gasteiger partial charge in [-0.2, -0.15) is 0 Å². The van der Waals surface area contributed by atoms with Gasteiger partial charge < -0.3 is 0 Å². The second-order valence-corrected chi connectivity index (χ2v) is 5.49. The zero-order chi connectivity index (χ0) is 13.7. The van der Waals surface area contributed by atoms with Crippen molar-refractivity contribution in [2.75, 3.05) is 5.75 Å². The first-order chi connectivity index (χ1) is 9.19. The molecule has 2 rings (SSSR count). The van der Waals surface area contributed by atoms with Gasteiger partial charge in [-0.1, -0.05) is 29.8 Å². The number of rotatable bonds is 5. The van der Waals surface area contributed by atoms with E-state index in [4.69, 9.17) is 5.84 Å². The summed E-state index contributed by atoms with van der Waals surface area (Å²) >= 11 is 1.65. The highest BCUT2D eigenvalue weighted by atomic mass is 32.2. The molecule has 0 aliphatic rings. The predicted molar refractivity (Wildman–Crippen MR) is 78.4 cm³/mol. The van der Waals surface area contributed by atoms with E-state index in [2.05, 4.69) is 36.6 Å². The highest BCUT2D eigenvalue weighted by molar-refractivity contribution is 7.99. The summed E-state index contributed by atoms with van der Waals surface area (Å²) in [5.41, 5.74) is 5.21. The van der Waals surface area contributed by atoms with Gasteiger partial charge in [0.05, 0.1) is 6.04 Å². The van der Waals surface area contributed by atoms with Crippen molar-refractivity contribution < 1.29 is 4.39 Å². The van der Waals surface area contributed by atoms with Gasteiger partial charge in [-0.05, 0) is 36.8 Å². The first-order valence-corrected chi connectivity index (χ1v) is 7.08. The summed E-state index contributed by atoms with van der Waals surface area (Å²) in [6.45, 7) is 2.06. The minimum Gasteiger partial charge on any atom is -0.271 e. The Kier molecular flexibility index (Phi) is 4.96. The van der Waals surface area contributed by atoms with Crippen LogP contribution in [0.4, 0.5) is 4.39 Å². The number of benzene rings is 2. The maximum absolute atomic E-state index is 12.8.